The summed E-state index contributed by atoms with van der Waals surface area (Å²) in [5, 5.41) is 8.23. The molecule has 1 saturated heterocycles. The average molecular weight is 484 g/mol. The summed E-state index contributed by atoms with van der Waals surface area (Å²) in [6.45, 7) is 1.54. The third-order valence-corrected chi connectivity index (χ3v) is 7.02. The first kappa shape index (κ1) is 20.2. The lowest BCUT2D eigenvalue weighted by molar-refractivity contribution is 0.514. The topological polar surface area (TPSA) is 125 Å². The molecule has 7 rings (SSSR count). The van der Waals surface area contributed by atoms with Crippen LogP contribution in [-0.4, -0.2) is 54.2 Å². The predicted octanol–water partition coefficient (Wildman–Crippen LogP) is 3.97. The molecule has 0 aliphatic carbocycles. The second-order valence-corrected chi connectivity index (χ2v) is 9.53. The van der Waals surface area contributed by atoms with Gasteiger partial charge in [-0.1, -0.05) is 0 Å². The van der Waals surface area contributed by atoms with Gasteiger partial charge in [-0.25, -0.2) is 9.97 Å². The van der Waals surface area contributed by atoms with E-state index in [1.807, 2.05) is 24.3 Å². The predicted molar refractivity (Wildman–Crippen MR) is 133 cm³/mol. The number of hydrogen-bond donors (Lipinski definition) is 3. The number of anilines is 1. The number of nitrogens with two attached hydrogens (primary N) is 1. The van der Waals surface area contributed by atoms with Crippen molar-refractivity contribution in [1.82, 2.24) is 35.1 Å². The standard InChI is InChI=1S/C24H18FN9S/c25-20-4-3-19(35-20)22-13-7-17(29-14(13)5-6-28-22)24-23-16(32-33-24)2-1-15(31-23)18-8-27-9-21(30-18)34-10-12(26)11-34/h1-9,12,29H,10-11,26H2,(H,32,33). The fourth-order valence-corrected chi connectivity index (χ4v) is 5.12. The van der Waals surface area contributed by atoms with Crippen LogP contribution >= 0.6 is 11.3 Å². The van der Waals surface area contributed by atoms with Crippen LogP contribution in [0.5, 0.6) is 0 Å². The number of thiophene rings is 1. The molecule has 0 unspecified atom stereocenters. The minimum absolute atomic E-state index is 0.175. The fraction of sp³-hybridized carbons (Fsp3) is 0.125. The van der Waals surface area contributed by atoms with E-state index in [-0.39, 0.29) is 11.2 Å². The summed E-state index contributed by atoms with van der Waals surface area (Å²) >= 11 is 1.07. The molecule has 0 bridgehead atoms. The third kappa shape index (κ3) is 3.35. The van der Waals surface area contributed by atoms with Crippen LogP contribution in [0.4, 0.5) is 10.2 Å². The summed E-state index contributed by atoms with van der Waals surface area (Å²) in [5.41, 5.74) is 11.9. The Labute approximate surface area is 201 Å². The summed E-state index contributed by atoms with van der Waals surface area (Å²) in [6, 6.07) is 11.1. The number of H-pyrrole nitrogens is 2. The number of pyridine rings is 2. The lowest BCUT2D eigenvalue weighted by atomic mass is 10.1. The second kappa shape index (κ2) is 7.65. The number of halogens is 1. The van der Waals surface area contributed by atoms with Gasteiger partial charge in [-0.15, -0.1) is 11.3 Å². The zero-order chi connectivity index (χ0) is 23.5. The van der Waals surface area contributed by atoms with Gasteiger partial charge in [0.15, 0.2) is 5.13 Å². The van der Waals surface area contributed by atoms with Crippen molar-refractivity contribution in [2.24, 2.45) is 5.73 Å². The Morgan fingerprint density at radius 2 is 1.91 bits per heavy atom. The normalized spacial score (nSPS) is 14.2. The highest BCUT2D eigenvalue weighted by atomic mass is 32.1. The van der Waals surface area contributed by atoms with Crippen LogP contribution in [-0.2, 0) is 0 Å². The zero-order valence-electron chi connectivity index (χ0n) is 18.2. The van der Waals surface area contributed by atoms with E-state index < -0.39 is 0 Å². The van der Waals surface area contributed by atoms with Crippen LogP contribution in [0.1, 0.15) is 0 Å². The molecule has 11 heteroatoms. The molecule has 6 aromatic rings. The monoisotopic (exact) mass is 483 g/mol. The van der Waals surface area contributed by atoms with Crippen LogP contribution in [0, 0.1) is 5.13 Å². The maximum Gasteiger partial charge on any atom is 0.177 e. The van der Waals surface area contributed by atoms with Gasteiger partial charge in [-0.2, -0.15) is 9.49 Å². The summed E-state index contributed by atoms with van der Waals surface area (Å²) in [4.78, 5) is 24.7. The van der Waals surface area contributed by atoms with Crippen LogP contribution in [0.3, 0.4) is 0 Å². The highest BCUT2D eigenvalue weighted by Crippen LogP contribution is 2.35. The molecule has 0 atom stereocenters. The minimum Gasteiger partial charge on any atom is -0.353 e. The molecule has 0 radical (unpaired) electrons. The van der Waals surface area contributed by atoms with Gasteiger partial charge in [0.1, 0.15) is 22.7 Å². The lowest BCUT2D eigenvalue weighted by Gasteiger charge is -2.37. The van der Waals surface area contributed by atoms with Crippen molar-refractivity contribution in [2.45, 2.75) is 6.04 Å². The van der Waals surface area contributed by atoms with E-state index in [1.165, 1.54) is 6.07 Å². The number of nitrogens with one attached hydrogen (secondary N) is 2. The Balaban J connectivity index is 1.31. The van der Waals surface area contributed by atoms with Gasteiger partial charge in [0.2, 0.25) is 0 Å². The van der Waals surface area contributed by atoms with Crippen molar-refractivity contribution < 1.29 is 4.39 Å². The molecular weight excluding hydrogens is 465 g/mol. The molecule has 0 amide bonds. The molecule has 0 spiro atoms. The molecule has 9 nitrogen and oxygen atoms in total. The van der Waals surface area contributed by atoms with Crippen molar-refractivity contribution in [3.05, 3.63) is 60.1 Å². The van der Waals surface area contributed by atoms with Crippen LogP contribution in [0.25, 0.3) is 55.3 Å². The second-order valence-electron chi connectivity index (χ2n) is 8.50. The van der Waals surface area contributed by atoms with Crippen molar-refractivity contribution in [2.75, 3.05) is 18.0 Å². The van der Waals surface area contributed by atoms with E-state index in [4.69, 9.17) is 15.7 Å². The van der Waals surface area contributed by atoms with Gasteiger partial charge in [0.05, 0.1) is 39.9 Å². The fourth-order valence-electron chi connectivity index (χ4n) is 4.38. The first-order valence-corrected chi connectivity index (χ1v) is 11.9. The Bertz CT molecular complexity index is 1710. The molecule has 0 saturated carbocycles. The molecule has 1 aliphatic rings. The summed E-state index contributed by atoms with van der Waals surface area (Å²) < 4.78 is 13.6. The Morgan fingerprint density at radius 1 is 1.00 bits per heavy atom. The smallest absolute Gasteiger partial charge is 0.177 e. The van der Waals surface area contributed by atoms with Gasteiger partial charge in [-0.05, 0) is 36.4 Å². The number of aromatic nitrogens is 7. The maximum atomic E-state index is 13.6. The van der Waals surface area contributed by atoms with Crippen molar-refractivity contribution >= 4 is 39.1 Å². The van der Waals surface area contributed by atoms with E-state index in [0.29, 0.717) is 22.6 Å². The van der Waals surface area contributed by atoms with Gasteiger partial charge in [0, 0.05) is 36.2 Å². The zero-order valence-corrected chi connectivity index (χ0v) is 19.1. The molecule has 1 fully saturated rings. The van der Waals surface area contributed by atoms with Gasteiger partial charge in [0.25, 0.3) is 0 Å². The van der Waals surface area contributed by atoms with E-state index in [9.17, 15) is 4.39 Å². The SMILES string of the molecule is NC1CN(c2cncc(-c3ccc4[nH]nc(-c5cc6c(-c7ccc(F)s7)nccc6[nH]5)c4n3)n2)C1. The van der Waals surface area contributed by atoms with E-state index in [0.717, 1.165) is 62.9 Å². The molecule has 7 heterocycles. The first-order chi connectivity index (χ1) is 17.1. The summed E-state index contributed by atoms with van der Waals surface area (Å²) in [7, 11) is 0. The van der Waals surface area contributed by atoms with Crippen LogP contribution < -0.4 is 10.6 Å². The molecule has 35 heavy (non-hydrogen) atoms. The minimum atomic E-state index is -0.242. The van der Waals surface area contributed by atoms with Crippen LogP contribution in [0.15, 0.2) is 55.0 Å². The number of nitrogens with zero attached hydrogens (tertiary/aromatic N) is 6. The van der Waals surface area contributed by atoms with E-state index >= 15 is 0 Å². The summed E-state index contributed by atoms with van der Waals surface area (Å²) in [5.74, 6) is 0.791. The van der Waals surface area contributed by atoms with Crippen molar-refractivity contribution in [3.8, 4) is 33.3 Å². The maximum absolute atomic E-state index is 13.6. The van der Waals surface area contributed by atoms with Crippen molar-refractivity contribution in [3.63, 3.8) is 0 Å². The number of hydrogen-bond acceptors (Lipinski definition) is 8. The quantitative estimate of drug-likeness (QED) is 0.346. The number of rotatable bonds is 4. The molecule has 0 aromatic carbocycles. The summed E-state index contributed by atoms with van der Waals surface area (Å²) in [6.07, 6.45) is 5.16. The Hall–Kier alpha value is -4.22. The van der Waals surface area contributed by atoms with E-state index in [1.54, 1.807) is 24.7 Å². The average Bonchev–Trinajstić information content (AvgIpc) is 3.59. The molecule has 172 valence electrons. The molecule has 4 N–H and O–H groups in total. The van der Waals surface area contributed by atoms with Gasteiger partial charge in [-0.3, -0.25) is 15.1 Å². The van der Waals surface area contributed by atoms with Crippen molar-refractivity contribution in [1.29, 1.82) is 0 Å². The first-order valence-electron chi connectivity index (χ1n) is 11.0. The molecule has 1 aliphatic heterocycles. The Morgan fingerprint density at radius 3 is 2.74 bits per heavy atom. The highest BCUT2D eigenvalue weighted by Gasteiger charge is 2.25. The third-order valence-electron chi connectivity index (χ3n) is 6.14. The van der Waals surface area contributed by atoms with E-state index in [2.05, 4.69) is 30.0 Å². The Kier molecular flexibility index (Phi) is 4.41. The number of fused-ring (bicyclic) bond motifs is 2. The number of aromatic amines is 2. The molecular formula is C24H18FN9S. The van der Waals surface area contributed by atoms with Gasteiger partial charge < -0.3 is 15.6 Å². The van der Waals surface area contributed by atoms with Crippen LogP contribution in [0.2, 0.25) is 0 Å². The molecule has 6 aromatic heterocycles. The highest BCUT2D eigenvalue weighted by molar-refractivity contribution is 7.13. The lowest BCUT2D eigenvalue weighted by Crippen LogP contribution is -2.56. The largest absolute Gasteiger partial charge is 0.353 e. The van der Waals surface area contributed by atoms with Gasteiger partial charge >= 0.3 is 0 Å².